The summed E-state index contributed by atoms with van der Waals surface area (Å²) in [6.45, 7) is 1.78. The first-order valence-electron chi connectivity index (χ1n) is 7.56. The molecule has 11 heteroatoms. The van der Waals surface area contributed by atoms with Crippen LogP contribution in [0, 0.1) is 10.1 Å². The summed E-state index contributed by atoms with van der Waals surface area (Å²) in [7, 11) is 0. The molecule has 1 aromatic carbocycles. The number of esters is 1. The van der Waals surface area contributed by atoms with Gasteiger partial charge in [-0.2, -0.15) is 0 Å². The van der Waals surface area contributed by atoms with Gasteiger partial charge in [0.05, 0.1) is 16.7 Å². The molecule has 0 spiro atoms. The Bertz CT molecular complexity index is 712. The van der Waals surface area contributed by atoms with E-state index in [-0.39, 0.29) is 24.6 Å². The zero-order valence-electron chi connectivity index (χ0n) is 13.7. The van der Waals surface area contributed by atoms with Crippen LogP contribution in [0.4, 0.5) is 5.69 Å². The van der Waals surface area contributed by atoms with E-state index in [0.717, 1.165) is 10.7 Å². The van der Waals surface area contributed by atoms with Gasteiger partial charge in [-0.3, -0.25) is 19.8 Å². The van der Waals surface area contributed by atoms with E-state index < -0.39 is 22.5 Å². The molecular weight excluding hydrogens is 400 g/mol. The highest BCUT2D eigenvalue weighted by Gasteiger charge is 2.44. The molecule has 1 amide bonds. The summed E-state index contributed by atoms with van der Waals surface area (Å²) < 4.78 is 5.64. The second kappa shape index (κ2) is 9.31. The van der Waals surface area contributed by atoms with Crippen LogP contribution >= 0.6 is 35.7 Å². The van der Waals surface area contributed by atoms with E-state index >= 15 is 0 Å². The van der Waals surface area contributed by atoms with Gasteiger partial charge in [-0.05, 0) is 23.4 Å². The minimum absolute atomic E-state index is 0.0768. The van der Waals surface area contributed by atoms with Crippen molar-refractivity contribution in [2.45, 2.75) is 31.6 Å². The van der Waals surface area contributed by atoms with Crippen molar-refractivity contribution in [3.8, 4) is 0 Å². The number of nitrogens with zero attached hydrogens (tertiary/aromatic N) is 2. The van der Waals surface area contributed by atoms with Gasteiger partial charge in [-0.25, -0.2) is 4.79 Å². The minimum Gasteiger partial charge on any atom is -0.457 e. The van der Waals surface area contributed by atoms with Crippen molar-refractivity contribution in [2.24, 2.45) is 0 Å². The summed E-state index contributed by atoms with van der Waals surface area (Å²) in [6, 6.07) is 5.48. The number of benzene rings is 1. The maximum absolute atomic E-state index is 12.0. The van der Waals surface area contributed by atoms with Crippen molar-refractivity contribution < 1.29 is 24.4 Å². The lowest BCUT2D eigenvalue weighted by Crippen LogP contribution is -2.59. The van der Waals surface area contributed by atoms with Gasteiger partial charge in [0.1, 0.15) is 10.1 Å². The summed E-state index contributed by atoms with van der Waals surface area (Å²) in [5, 5.41) is 20.3. The molecule has 0 radical (unpaired) electrons. The molecule has 1 fully saturated rings. The predicted octanol–water partition coefficient (Wildman–Crippen LogP) is 2.29. The number of carbonyl (C=O) groups is 2. The van der Waals surface area contributed by atoms with Crippen LogP contribution in [0.25, 0.3) is 0 Å². The molecule has 0 bridgehead atoms. The van der Waals surface area contributed by atoms with Crippen LogP contribution in [0.15, 0.2) is 24.3 Å². The van der Waals surface area contributed by atoms with Crippen molar-refractivity contribution in [1.29, 1.82) is 0 Å². The molecule has 2 rings (SSSR count). The molecule has 1 heterocycles. The number of carbonyl (C=O) groups excluding carboxylic acids is 2. The largest absolute Gasteiger partial charge is 0.457 e. The van der Waals surface area contributed by atoms with Gasteiger partial charge in [0.2, 0.25) is 12.1 Å². The fourth-order valence-electron chi connectivity index (χ4n) is 2.11. The smallest absolute Gasteiger partial charge is 0.356 e. The van der Waals surface area contributed by atoms with Crippen molar-refractivity contribution in [2.75, 3.05) is 5.75 Å². The number of thioether (sulfide) groups is 2. The minimum atomic E-state index is -1.71. The standard InChI is InChI=1S/C15H16N2O6S3/c1-2-25-15(24)26-12-7-11(18)16(12)13(19)14(20)23-8-9-3-5-10(6-4-9)17(21)22/h3-6,12-13,19H,2,7-8H2,1H3. The summed E-state index contributed by atoms with van der Waals surface area (Å²) in [6.07, 6.45) is -1.51. The molecular formula is C15H16N2O6S3. The molecule has 140 valence electrons. The molecule has 2 atom stereocenters. The Morgan fingerprint density at radius 1 is 1.50 bits per heavy atom. The summed E-state index contributed by atoms with van der Waals surface area (Å²) >= 11 is 7.87. The van der Waals surface area contributed by atoms with Crippen LogP contribution < -0.4 is 0 Å². The van der Waals surface area contributed by atoms with Crippen molar-refractivity contribution in [1.82, 2.24) is 4.90 Å². The third-order valence-corrected chi connectivity index (χ3v) is 6.11. The van der Waals surface area contributed by atoms with Gasteiger partial charge in [0.25, 0.3) is 5.69 Å². The molecule has 1 aliphatic rings. The number of non-ortho nitro benzene ring substituents is 1. The first kappa shape index (κ1) is 20.6. The number of rotatable bonds is 7. The maximum atomic E-state index is 12.0. The predicted molar refractivity (Wildman–Crippen MR) is 102 cm³/mol. The third-order valence-electron chi connectivity index (χ3n) is 3.44. The lowest BCUT2D eigenvalue weighted by atomic mass is 10.2. The van der Waals surface area contributed by atoms with Gasteiger partial charge < -0.3 is 9.84 Å². The second-order valence-electron chi connectivity index (χ2n) is 5.17. The number of nitro groups is 1. The Hall–Kier alpha value is -1.69. The van der Waals surface area contributed by atoms with Crippen LogP contribution in [0.1, 0.15) is 18.9 Å². The number of aliphatic hydroxyl groups excluding tert-OH is 1. The van der Waals surface area contributed by atoms with Crippen LogP contribution in [0.5, 0.6) is 0 Å². The summed E-state index contributed by atoms with van der Waals surface area (Å²) in [4.78, 5) is 34.9. The molecule has 0 aromatic heterocycles. The highest BCUT2D eigenvalue weighted by molar-refractivity contribution is 8.47. The fourth-order valence-corrected chi connectivity index (χ4v) is 4.79. The first-order chi connectivity index (χ1) is 12.3. The topological polar surface area (TPSA) is 110 Å². The van der Waals surface area contributed by atoms with Gasteiger partial charge in [-0.15, -0.1) is 11.8 Å². The number of aliphatic hydroxyl groups is 1. The SMILES string of the molecule is CCSC(=S)SC1CC(=O)N1C(O)C(=O)OCc1ccc([N+](=O)[O-])cc1. The second-order valence-corrected chi connectivity index (χ2v) is 8.81. The molecule has 1 saturated heterocycles. The van der Waals surface area contributed by atoms with E-state index in [1.54, 1.807) is 0 Å². The van der Waals surface area contributed by atoms with Crippen LogP contribution in [0.2, 0.25) is 0 Å². The monoisotopic (exact) mass is 416 g/mol. The molecule has 1 aromatic rings. The van der Waals surface area contributed by atoms with E-state index in [9.17, 15) is 24.8 Å². The molecule has 26 heavy (non-hydrogen) atoms. The molecule has 2 unspecified atom stereocenters. The zero-order valence-corrected chi connectivity index (χ0v) is 16.1. The summed E-state index contributed by atoms with van der Waals surface area (Å²) in [5.74, 6) is -0.519. The van der Waals surface area contributed by atoms with E-state index in [0.29, 0.717) is 9.09 Å². The fraction of sp³-hybridized carbons (Fsp3) is 0.400. The number of amides is 1. The van der Waals surface area contributed by atoms with Gasteiger partial charge >= 0.3 is 5.97 Å². The van der Waals surface area contributed by atoms with Crippen LogP contribution in [-0.4, -0.2) is 47.7 Å². The molecule has 1 aliphatic heterocycles. The average Bonchev–Trinajstić information content (AvgIpc) is 2.59. The summed E-state index contributed by atoms with van der Waals surface area (Å²) in [5.41, 5.74) is 0.449. The Morgan fingerprint density at radius 3 is 2.69 bits per heavy atom. The van der Waals surface area contributed by atoms with Gasteiger partial charge in [0, 0.05) is 12.1 Å². The number of ether oxygens (including phenoxy) is 1. The highest BCUT2D eigenvalue weighted by atomic mass is 32.2. The van der Waals surface area contributed by atoms with Crippen molar-refractivity contribution >= 4 is 56.8 Å². The van der Waals surface area contributed by atoms with Crippen molar-refractivity contribution in [3.05, 3.63) is 39.9 Å². The Morgan fingerprint density at radius 2 is 2.15 bits per heavy atom. The van der Waals surface area contributed by atoms with Crippen LogP contribution in [-0.2, 0) is 20.9 Å². The third kappa shape index (κ3) is 5.16. The number of β-lactam (4-membered cyclic amide) rings is 1. The lowest BCUT2D eigenvalue weighted by molar-refractivity contribution is -0.384. The lowest BCUT2D eigenvalue weighted by Gasteiger charge is -2.41. The van der Waals surface area contributed by atoms with E-state index in [1.807, 2.05) is 6.92 Å². The van der Waals surface area contributed by atoms with E-state index in [1.165, 1.54) is 47.8 Å². The van der Waals surface area contributed by atoms with E-state index in [4.69, 9.17) is 17.0 Å². The Kier molecular flexibility index (Phi) is 7.38. The molecule has 0 saturated carbocycles. The van der Waals surface area contributed by atoms with E-state index in [2.05, 4.69) is 0 Å². The quantitative estimate of drug-likeness (QED) is 0.235. The average molecular weight is 417 g/mol. The molecule has 0 aliphatic carbocycles. The zero-order chi connectivity index (χ0) is 19.3. The number of hydrogen-bond donors (Lipinski definition) is 1. The first-order valence-corrected chi connectivity index (χ1v) is 9.83. The molecule has 1 N–H and O–H groups in total. The van der Waals surface area contributed by atoms with Gasteiger partial charge in [-0.1, -0.05) is 30.9 Å². The highest BCUT2D eigenvalue weighted by Crippen LogP contribution is 2.35. The number of nitro benzene ring substituents is 1. The normalized spacial score (nSPS) is 17.4. The molecule has 8 nitrogen and oxygen atoms in total. The van der Waals surface area contributed by atoms with Crippen LogP contribution in [0.3, 0.4) is 0 Å². The number of hydrogen-bond acceptors (Lipinski definition) is 9. The Balaban J connectivity index is 1.88. The number of thiocarbonyl (C=S) groups is 1. The number of likely N-dealkylation sites (tertiary alicyclic amines) is 1. The maximum Gasteiger partial charge on any atom is 0.356 e. The van der Waals surface area contributed by atoms with Gasteiger partial charge in [0.15, 0.2) is 0 Å². The Labute approximate surface area is 163 Å². The van der Waals surface area contributed by atoms with Crippen molar-refractivity contribution in [3.63, 3.8) is 0 Å².